The molecule has 1 rings (SSSR count). The van der Waals surface area contributed by atoms with Crippen molar-refractivity contribution in [3.05, 3.63) is 0 Å². The monoisotopic (exact) mass is 375 g/mol. The van der Waals surface area contributed by atoms with Crippen molar-refractivity contribution in [1.82, 2.24) is 20.3 Å². The predicted octanol–water partition coefficient (Wildman–Crippen LogP) is 0.128. The number of hydrogen-bond acceptors (Lipinski definition) is 4. The van der Waals surface area contributed by atoms with E-state index < -0.39 is 15.6 Å². The fourth-order valence-corrected chi connectivity index (χ4v) is 4.38. The van der Waals surface area contributed by atoms with Gasteiger partial charge in [-0.05, 0) is 26.7 Å². The zero-order chi connectivity index (χ0) is 19.3. The molecular weight excluding hydrogens is 342 g/mol. The van der Waals surface area contributed by atoms with Crippen molar-refractivity contribution < 1.29 is 13.2 Å². The third-order valence-electron chi connectivity index (χ3n) is 4.40. The minimum Gasteiger partial charge on any atom is -0.355 e. The van der Waals surface area contributed by atoms with E-state index in [-0.39, 0.29) is 11.3 Å². The molecule has 0 radical (unpaired) electrons. The molecule has 0 heterocycles. The smallest absolute Gasteiger partial charge is 0.230 e. The van der Waals surface area contributed by atoms with Crippen molar-refractivity contribution in [3.8, 4) is 0 Å². The molecule has 0 unspecified atom stereocenters. The molecule has 25 heavy (non-hydrogen) atoms. The molecular formula is C16H33N5O3S. The molecule has 1 fully saturated rings. The number of amides is 1. The third-order valence-corrected chi connectivity index (χ3v) is 5.32. The van der Waals surface area contributed by atoms with Crippen LogP contribution in [0, 0.1) is 5.41 Å². The lowest BCUT2D eigenvalue weighted by molar-refractivity contribution is -0.138. The number of rotatable bonds is 7. The van der Waals surface area contributed by atoms with Gasteiger partial charge in [0.1, 0.15) is 0 Å². The van der Waals surface area contributed by atoms with Gasteiger partial charge >= 0.3 is 0 Å². The first-order valence-electron chi connectivity index (χ1n) is 8.56. The van der Waals surface area contributed by atoms with E-state index in [1.807, 2.05) is 0 Å². The molecule has 1 saturated carbocycles. The van der Waals surface area contributed by atoms with Crippen molar-refractivity contribution >= 4 is 21.9 Å². The van der Waals surface area contributed by atoms with Gasteiger partial charge in [0, 0.05) is 39.8 Å². The number of guanidine groups is 1. The number of nitrogens with one attached hydrogen (secondary N) is 3. The maximum absolute atomic E-state index is 12.6. The summed E-state index contributed by atoms with van der Waals surface area (Å²) in [4.78, 5) is 18.4. The predicted molar refractivity (Wildman–Crippen MR) is 101 cm³/mol. The first kappa shape index (κ1) is 21.7. The van der Waals surface area contributed by atoms with E-state index in [0.29, 0.717) is 19.0 Å². The van der Waals surface area contributed by atoms with Crippen LogP contribution in [0.3, 0.4) is 0 Å². The lowest BCUT2D eigenvalue weighted by Gasteiger charge is -2.32. The second-order valence-electron chi connectivity index (χ2n) is 7.72. The summed E-state index contributed by atoms with van der Waals surface area (Å²) >= 11 is 0. The highest BCUT2D eigenvalue weighted by Gasteiger charge is 2.42. The Hall–Kier alpha value is -1.35. The zero-order valence-electron chi connectivity index (χ0n) is 16.3. The standard InChI is InChI=1S/C16H33N5O3S/c1-15(2,20-25(6,23)24)11-18-14(17-3)19-12-16(9-7-8-10-16)13(22)21(4)5/h20H,7-12H2,1-6H3,(H2,17,18,19). The summed E-state index contributed by atoms with van der Waals surface area (Å²) in [6.07, 6.45) is 4.99. The molecule has 0 saturated heterocycles. The average Bonchev–Trinajstić information content (AvgIpc) is 2.94. The van der Waals surface area contributed by atoms with E-state index in [1.165, 1.54) is 0 Å². The van der Waals surface area contributed by atoms with Crippen LogP contribution in [0.2, 0.25) is 0 Å². The van der Waals surface area contributed by atoms with Crippen LogP contribution in [-0.2, 0) is 14.8 Å². The molecule has 8 nitrogen and oxygen atoms in total. The molecule has 0 aliphatic heterocycles. The van der Waals surface area contributed by atoms with Gasteiger partial charge in [0.25, 0.3) is 0 Å². The van der Waals surface area contributed by atoms with Crippen LogP contribution in [0.25, 0.3) is 0 Å². The highest BCUT2D eigenvalue weighted by molar-refractivity contribution is 7.88. The Morgan fingerprint density at radius 1 is 1.20 bits per heavy atom. The van der Waals surface area contributed by atoms with Gasteiger partial charge in [-0.15, -0.1) is 0 Å². The molecule has 0 atom stereocenters. The Labute approximate surface area is 151 Å². The molecule has 1 amide bonds. The van der Waals surface area contributed by atoms with E-state index in [1.54, 1.807) is 39.9 Å². The summed E-state index contributed by atoms with van der Waals surface area (Å²) in [7, 11) is 1.93. The van der Waals surface area contributed by atoms with E-state index >= 15 is 0 Å². The van der Waals surface area contributed by atoms with Crippen molar-refractivity contribution in [2.75, 3.05) is 40.5 Å². The van der Waals surface area contributed by atoms with E-state index in [2.05, 4.69) is 20.3 Å². The molecule has 0 aromatic rings. The number of carbonyl (C=O) groups excluding carboxylic acids is 1. The minimum absolute atomic E-state index is 0.145. The van der Waals surface area contributed by atoms with Crippen molar-refractivity contribution in [1.29, 1.82) is 0 Å². The maximum atomic E-state index is 12.6. The molecule has 9 heteroatoms. The Morgan fingerprint density at radius 2 is 1.76 bits per heavy atom. The molecule has 3 N–H and O–H groups in total. The highest BCUT2D eigenvalue weighted by Crippen LogP contribution is 2.38. The SMILES string of the molecule is CN=C(NCC(C)(C)NS(C)(=O)=O)NCC1(C(=O)N(C)C)CCCC1. The van der Waals surface area contributed by atoms with Crippen LogP contribution in [0.15, 0.2) is 4.99 Å². The van der Waals surface area contributed by atoms with E-state index in [0.717, 1.165) is 31.9 Å². The largest absolute Gasteiger partial charge is 0.355 e. The Balaban J connectivity index is 2.66. The number of sulfonamides is 1. The van der Waals surface area contributed by atoms with Crippen molar-refractivity contribution in [2.45, 2.75) is 45.1 Å². The van der Waals surface area contributed by atoms with Gasteiger partial charge < -0.3 is 15.5 Å². The minimum atomic E-state index is -3.29. The summed E-state index contributed by atoms with van der Waals surface area (Å²) in [5, 5.41) is 6.37. The maximum Gasteiger partial charge on any atom is 0.230 e. The summed E-state index contributed by atoms with van der Waals surface area (Å²) < 4.78 is 25.4. The molecule has 0 bridgehead atoms. The number of carbonyl (C=O) groups is 1. The van der Waals surface area contributed by atoms with Gasteiger partial charge in [-0.3, -0.25) is 9.79 Å². The first-order chi connectivity index (χ1) is 11.4. The van der Waals surface area contributed by atoms with E-state index in [9.17, 15) is 13.2 Å². The Bertz CT molecular complexity index is 593. The quantitative estimate of drug-likeness (QED) is 0.433. The molecule has 0 spiro atoms. The number of hydrogen-bond donors (Lipinski definition) is 3. The average molecular weight is 376 g/mol. The third kappa shape index (κ3) is 6.81. The van der Waals surface area contributed by atoms with Gasteiger partial charge in [0.05, 0.1) is 11.7 Å². The van der Waals surface area contributed by atoms with Crippen LogP contribution in [0.5, 0.6) is 0 Å². The second kappa shape index (κ2) is 8.35. The summed E-state index contributed by atoms with van der Waals surface area (Å²) in [5.41, 5.74) is -1.04. The topological polar surface area (TPSA) is 103 Å². The van der Waals surface area contributed by atoms with Gasteiger partial charge in [0.2, 0.25) is 15.9 Å². The van der Waals surface area contributed by atoms with Gasteiger partial charge in [-0.25, -0.2) is 13.1 Å². The fourth-order valence-electron chi connectivity index (χ4n) is 3.31. The normalized spacial score (nSPS) is 18.1. The molecule has 146 valence electrons. The van der Waals surface area contributed by atoms with Crippen LogP contribution in [0.1, 0.15) is 39.5 Å². The summed E-state index contributed by atoms with van der Waals surface area (Å²) in [6, 6.07) is 0. The lowest BCUT2D eigenvalue weighted by atomic mass is 9.84. The number of nitrogens with zero attached hydrogens (tertiary/aromatic N) is 2. The van der Waals surface area contributed by atoms with Crippen molar-refractivity contribution in [3.63, 3.8) is 0 Å². The van der Waals surface area contributed by atoms with Crippen LogP contribution >= 0.6 is 0 Å². The fraction of sp³-hybridized carbons (Fsp3) is 0.875. The van der Waals surface area contributed by atoms with Crippen LogP contribution in [-0.4, -0.2) is 71.2 Å². The second-order valence-corrected chi connectivity index (χ2v) is 9.47. The van der Waals surface area contributed by atoms with Crippen LogP contribution in [0.4, 0.5) is 0 Å². The zero-order valence-corrected chi connectivity index (χ0v) is 17.1. The highest BCUT2D eigenvalue weighted by atomic mass is 32.2. The van der Waals surface area contributed by atoms with Gasteiger partial charge in [-0.2, -0.15) is 0 Å². The molecule has 0 aromatic heterocycles. The summed E-state index contributed by atoms with van der Waals surface area (Å²) in [6.45, 7) is 4.47. The van der Waals surface area contributed by atoms with Gasteiger partial charge in [-0.1, -0.05) is 12.8 Å². The van der Waals surface area contributed by atoms with Crippen molar-refractivity contribution in [2.24, 2.45) is 10.4 Å². The first-order valence-corrected chi connectivity index (χ1v) is 10.5. The number of aliphatic imine (C=N–C) groups is 1. The van der Waals surface area contributed by atoms with Crippen LogP contribution < -0.4 is 15.4 Å². The molecule has 0 aromatic carbocycles. The Morgan fingerprint density at radius 3 is 2.20 bits per heavy atom. The summed E-state index contributed by atoms with van der Waals surface area (Å²) in [5.74, 6) is 0.702. The van der Waals surface area contributed by atoms with Gasteiger partial charge in [0.15, 0.2) is 5.96 Å². The van der Waals surface area contributed by atoms with E-state index in [4.69, 9.17) is 0 Å². The molecule has 1 aliphatic carbocycles. The Kier molecular flexibility index (Phi) is 7.25. The lowest BCUT2D eigenvalue weighted by Crippen LogP contribution is -2.54. The molecule has 1 aliphatic rings.